The molecule has 2 unspecified atom stereocenters. The van der Waals surface area contributed by atoms with Gasteiger partial charge < -0.3 is 4.57 Å². The number of nitrogens with one attached hydrogen (secondary N) is 1. The van der Waals surface area contributed by atoms with Crippen molar-refractivity contribution in [3.8, 4) is 0 Å². The fourth-order valence-electron chi connectivity index (χ4n) is 2.84. The summed E-state index contributed by atoms with van der Waals surface area (Å²) in [5, 5.41) is 16.4. The van der Waals surface area contributed by atoms with Crippen LogP contribution in [0.1, 0.15) is 49.7 Å². The molecule has 0 spiro atoms. The summed E-state index contributed by atoms with van der Waals surface area (Å²) in [6.45, 7) is 5.33. The minimum absolute atomic E-state index is 0.184. The summed E-state index contributed by atoms with van der Waals surface area (Å²) in [6.07, 6.45) is 4.06. The minimum atomic E-state index is 0.184. The van der Waals surface area contributed by atoms with Crippen molar-refractivity contribution in [3.05, 3.63) is 29.6 Å². The molecule has 1 aliphatic rings. The molecule has 0 saturated carbocycles. The first-order chi connectivity index (χ1) is 9.16. The van der Waals surface area contributed by atoms with Crippen molar-refractivity contribution in [2.75, 3.05) is 0 Å². The van der Waals surface area contributed by atoms with Crippen LogP contribution in [-0.4, -0.2) is 24.5 Å². The molecular formula is C13H20N6. The monoisotopic (exact) mass is 260 g/mol. The Bertz CT molecular complexity index is 569. The zero-order valence-electron chi connectivity index (χ0n) is 11.7. The molecule has 6 nitrogen and oxygen atoms in total. The third kappa shape index (κ3) is 2.16. The highest BCUT2D eigenvalue weighted by Gasteiger charge is 2.22. The van der Waals surface area contributed by atoms with Crippen LogP contribution >= 0.6 is 0 Å². The summed E-state index contributed by atoms with van der Waals surface area (Å²) >= 11 is 0. The molecule has 0 aliphatic carbocycles. The molecule has 2 aromatic rings. The second kappa shape index (κ2) is 4.77. The SMILES string of the molecule is CC(NC(C)c1nnc2n1CCC2)c1ccnn1C. The maximum Gasteiger partial charge on any atom is 0.149 e. The van der Waals surface area contributed by atoms with Crippen LogP contribution in [0.5, 0.6) is 0 Å². The Kier molecular flexibility index (Phi) is 3.10. The molecule has 2 atom stereocenters. The van der Waals surface area contributed by atoms with E-state index in [9.17, 15) is 0 Å². The van der Waals surface area contributed by atoms with E-state index in [2.05, 4.69) is 39.0 Å². The van der Waals surface area contributed by atoms with Gasteiger partial charge in [-0.25, -0.2) is 0 Å². The maximum atomic E-state index is 4.32. The number of aromatic nitrogens is 5. The molecule has 2 aromatic heterocycles. The summed E-state index contributed by atoms with van der Waals surface area (Å²) in [4.78, 5) is 0. The first-order valence-corrected chi connectivity index (χ1v) is 6.82. The number of hydrogen-bond donors (Lipinski definition) is 1. The quantitative estimate of drug-likeness (QED) is 0.902. The van der Waals surface area contributed by atoms with Crippen molar-refractivity contribution in [2.24, 2.45) is 7.05 Å². The molecule has 6 heteroatoms. The Morgan fingerprint density at radius 3 is 2.84 bits per heavy atom. The summed E-state index contributed by atoms with van der Waals surface area (Å²) < 4.78 is 4.15. The zero-order valence-corrected chi connectivity index (χ0v) is 11.7. The topological polar surface area (TPSA) is 60.6 Å². The summed E-state index contributed by atoms with van der Waals surface area (Å²) in [5.74, 6) is 2.17. The molecule has 19 heavy (non-hydrogen) atoms. The molecule has 0 aromatic carbocycles. The highest BCUT2D eigenvalue weighted by molar-refractivity contribution is 5.08. The Hall–Kier alpha value is -1.69. The van der Waals surface area contributed by atoms with Crippen LogP contribution in [0.4, 0.5) is 0 Å². The molecule has 0 saturated heterocycles. The second-order valence-corrected chi connectivity index (χ2v) is 5.22. The van der Waals surface area contributed by atoms with E-state index in [0.717, 1.165) is 24.6 Å². The van der Waals surface area contributed by atoms with Gasteiger partial charge in [0.15, 0.2) is 0 Å². The van der Waals surface area contributed by atoms with E-state index < -0.39 is 0 Å². The van der Waals surface area contributed by atoms with Crippen molar-refractivity contribution in [1.82, 2.24) is 29.9 Å². The van der Waals surface area contributed by atoms with Crippen molar-refractivity contribution in [2.45, 2.75) is 45.3 Å². The smallest absolute Gasteiger partial charge is 0.149 e. The number of nitrogens with zero attached hydrogens (tertiary/aromatic N) is 5. The van der Waals surface area contributed by atoms with Gasteiger partial charge in [-0.05, 0) is 26.3 Å². The number of hydrogen-bond acceptors (Lipinski definition) is 4. The molecule has 0 bridgehead atoms. The second-order valence-electron chi connectivity index (χ2n) is 5.22. The van der Waals surface area contributed by atoms with Crippen LogP contribution < -0.4 is 5.32 Å². The lowest BCUT2D eigenvalue weighted by Crippen LogP contribution is -2.26. The van der Waals surface area contributed by atoms with Crippen LogP contribution in [0, 0.1) is 0 Å². The van der Waals surface area contributed by atoms with E-state index in [0.29, 0.717) is 0 Å². The van der Waals surface area contributed by atoms with Crippen molar-refractivity contribution in [1.29, 1.82) is 0 Å². The Balaban J connectivity index is 1.74. The average molecular weight is 260 g/mol. The van der Waals surface area contributed by atoms with Gasteiger partial charge in [-0.2, -0.15) is 5.10 Å². The highest BCUT2D eigenvalue weighted by atomic mass is 15.3. The van der Waals surface area contributed by atoms with Crippen LogP contribution in [0.3, 0.4) is 0 Å². The lowest BCUT2D eigenvalue weighted by atomic mass is 10.2. The Morgan fingerprint density at radius 2 is 2.11 bits per heavy atom. The van der Waals surface area contributed by atoms with Crippen LogP contribution in [-0.2, 0) is 20.0 Å². The standard InChI is InChI=1S/C13H20N6/c1-9(11-6-7-14-18(11)3)15-10(2)13-17-16-12-5-4-8-19(12)13/h6-7,9-10,15H,4-5,8H2,1-3H3. The van der Waals surface area contributed by atoms with Gasteiger partial charge in [-0.1, -0.05) is 0 Å². The van der Waals surface area contributed by atoms with Gasteiger partial charge in [-0.3, -0.25) is 10.00 Å². The van der Waals surface area contributed by atoms with Crippen molar-refractivity contribution >= 4 is 0 Å². The third-order valence-electron chi connectivity index (χ3n) is 3.83. The molecule has 0 radical (unpaired) electrons. The van der Waals surface area contributed by atoms with Crippen molar-refractivity contribution in [3.63, 3.8) is 0 Å². The highest BCUT2D eigenvalue weighted by Crippen LogP contribution is 2.21. The zero-order chi connectivity index (χ0) is 13.4. The Labute approximate surface area is 112 Å². The van der Waals surface area contributed by atoms with E-state index in [4.69, 9.17) is 0 Å². The first-order valence-electron chi connectivity index (χ1n) is 6.82. The summed E-state index contributed by atoms with van der Waals surface area (Å²) in [6, 6.07) is 2.46. The molecule has 0 fully saturated rings. The molecule has 1 aliphatic heterocycles. The van der Waals surface area contributed by atoms with Crippen molar-refractivity contribution < 1.29 is 0 Å². The summed E-state index contributed by atoms with van der Waals surface area (Å²) in [5.41, 5.74) is 1.17. The largest absolute Gasteiger partial charge is 0.314 e. The summed E-state index contributed by atoms with van der Waals surface area (Å²) in [7, 11) is 1.97. The molecule has 3 heterocycles. The van der Waals surface area contributed by atoms with Gasteiger partial charge in [0.2, 0.25) is 0 Å². The van der Waals surface area contributed by atoms with Gasteiger partial charge in [0.1, 0.15) is 11.6 Å². The lowest BCUT2D eigenvalue weighted by molar-refractivity contribution is 0.442. The fourth-order valence-corrected chi connectivity index (χ4v) is 2.84. The maximum absolute atomic E-state index is 4.32. The normalized spacial score (nSPS) is 17.4. The van der Waals surface area contributed by atoms with Gasteiger partial charge in [-0.15, -0.1) is 10.2 Å². The minimum Gasteiger partial charge on any atom is -0.314 e. The predicted molar refractivity (Wildman–Crippen MR) is 71.5 cm³/mol. The van der Waals surface area contributed by atoms with E-state index in [1.165, 1.54) is 12.1 Å². The van der Waals surface area contributed by atoms with Gasteiger partial charge >= 0.3 is 0 Å². The van der Waals surface area contributed by atoms with Crippen LogP contribution in [0.25, 0.3) is 0 Å². The Morgan fingerprint density at radius 1 is 1.26 bits per heavy atom. The van der Waals surface area contributed by atoms with Crippen LogP contribution in [0.2, 0.25) is 0 Å². The molecular weight excluding hydrogens is 240 g/mol. The van der Waals surface area contributed by atoms with E-state index >= 15 is 0 Å². The van der Waals surface area contributed by atoms with Gasteiger partial charge in [0.05, 0.1) is 11.7 Å². The van der Waals surface area contributed by atoms with Gasteiger partial charge in [0.25, 0.3) is 0 Å². The number of aryl methyl sites for hydroxylation is 2. The first kappa shape index (κ1) is 12.3. The fraction of sp³-hybridized carbons (Fsp3) is 0.615. The molecule has 102 valence electrons. The molecule has 1 N–H and O–H groups in total. The number of rotatable bonds is 4. The van der Waals surface area contributed by atoms with Gasteiger partial charge in [0, 0.05) is 32.3 Å². The molecule has 0 amide bonds. The van der Waals surface area contributed by atoms with E-state index in [1.54, 1.807) is 0 Å². The van der Waals surface area contributed by atoms with E-state index in [-0.39, 0.29) is 12.1 Å². The third-order valence-corrected chi connectivity index (χ3v) is 3.83. The van der Waals surface area contributed by atoms with Crippen LogP contribution in [0.15, 0.2) is 12.3 Å². The lowest BCUT2D eigenvalue weighted by Gasteiger charge is -2.20. The molecule has 3 rings (SSSR count). The number of fused-ring (bicyclic) bond motifs is 1. The predicted octanol–water partition coefficient (Wildman–Crippen LogP) is 1.37. The average Bonchev–Trinajstić information content (AvgIpc) is 3.02. The van der Waals surface area contributed by atoms with E-state index in [1.807, 2.05) is 24.0 Å².